The Kier molecular flexibility index (Phi) is 6.16. The van der Waals surface area contributed by atoms with Gasteiger partial charge in [0.2, 0.25) is 0 Å². The van der Waals surface area contributed by atoms with E-state index < -0.39 is 5.91 Å². The number of nitrogens with zero attached hydrogens (tertiary/aromatic N) is 2. The third-order valence-electron chi connectivity index (χ3n) is 3.85. The van der Waals surface area contributed by atoms with Crippen LogP contribution in [0, 0.1) is 0 Å². The number of ether oxygens (including phenoxy) is 1. The van der Waals surface area contributed by atoms with E-state index in [0.29, 0.717) is 27.9 Å². The lowest BCUT2D eigenvalue weighted by Crippen LogP contribution is -2.22. The number of benzene rings is 2. The van der Waals surface area contributed by atoms with Gasteiger partial charge in [-0.25, -0.2) is 0 Å². The summed E-state index contributed by atoms with van der Waals surface area (Å²) in [4.78, 5) is 11.6. The van der Waals surface area contributed by atoms with E-state index in [0.717, 1.165) is 11.3 Å². The number of nitrogens with two attached hydrogens (primary N) is 1. The number of carbonyl (C=O) groups is 1. The number of rotatable bonds is 4. The minimum atomic E-state index is -0.541. The second kappa shape index (κ2) is 7.95. The molecule has 0 saturated carbocycles. The fourth-order valence-electron chi connectivity index (χ4n) is 2.63. The summed E-state index contributed by atoms with van der Waals surface area (Å²) in [5, 5.41) is 7.06. The van der Waals surface area contributed by atoms with Crippen LogP contribution in [-0.2, 0) is 4.79 Å². The van der Waals surface area contributed by atoms with Gasteiger partial charge in [-0.3, -0.25) is 9.80 Å². The number of carbonyl (C=O) groups excluding carboxylic acids is 1. The van der Waals surface area contributed by atoms with Crippen molar-refractivity contribution in [3.63, 3.8) is 0 Å². The molecule has 0 saturated heterocycles. The van der Waals surface area contributed by atoms with E-state index in [-0.39, 0.29) is 18.4 Å². The maximum atomic E-state index is 11.6. The highest BCUT2D eigenvalue weighted by molar-refractivity contribution is 6.39. The average molecular weight is 401 g/mol. The molecule has 0 aliphatic carbocycles. The minimum Gasteiger partial charge on any atom is -0.497 e. The highest BCUT2D eigenvalue weighted by atomic mass is 35.5. The zero-order chi connectivity index (χ0) is 17.3. The molecule has 3 rings (SSSR count). The van der Waals surface area contributed by atoms with Gasteiger partial charge in [0.25, 0.3) is 5.91 Å². The number of halogens is 3. The Bertz CT molecular complexity index is 809. The second-order valence-corrected chi connectivity index (χ2v) is 6.19. The molecule has 1 atom stereocenters. The SMILES string of the molecule is COc1ccc(C2CC(C(N)=O)=NN2c2ccc(Cl)cc2Cl)cc1.Cl. The third kappa shape index (κ3) is 4.00. The van der Waals surface area contributed by atoms with Crippen LogP contribution in [0.4, 0.5) is 5.69 Å². The molecule has 5 nitrogen and oxygen atoms in total. The second-order valence-electron chi connectivity index (χ2n) is 5.34. The molecule has 0 bridgehead atoms. The molecule has 0 fully saturated rings. The van der Waals surface area contributed by atoms with E-state index in [1.807, 2.05) is 24.3 Å². The van der Waals surface area contributed by atoms with Gasteiger partial charge in [-0.05, 0) is 35.9 Å². The van der Waals surface area contributed by atoms with Gasteiger partial charge in [0.15, 0.2) is 0 Å². The molecule has 1 amide bonds. The monoisotopic (exact) mass is 399 g/mol. The molecule has 25 heavy (non-hydrogen) atoms. The summed E-state index contributed by atoms with van der Waals surface area (Å²) in [6, 6.07) is 12.5. The van der Waals surface area contributed by atoms with Crippen LogP contribution in [-0.4, -0.2) is 18.7 Å². The lowest BCUT2D eigenvalue weighted by atomic mass is 10.0. The van der Waals surface area contributed by atoms with E-state index in [9.17, 15) is 4.79 Å². The maximum absolute atomic E-state index is 11.6. The van der Waals surface area contributed by atoms with Gasteiger partial charge in [0.05, 0.1) is 23.9 Å². The van der Waals surface area contributed by atoms with Crippen molar-refractivity contribution in [3.8, 4) is 5.75 Å². The fourth-order valence-corrected chi connectivity index (χ4v) is 3.13. The van der Waals surface area contributed by atoms with Crippen LogP contribution in [0.1, 0.15) is 18.0 Å². The van der Waals surface area contributed by atoms with Crippen molar-refractivity contribution in [2.24, 2.45) is 10.8 Å². The van der Waals surface area contributed by atoms with E-state index in [2.05, 4.69) is 5.10 Å². The quantitative estimate of drug-likeness (QED) is 0.835. The summed E-state index contributed by atoms with van der Waals surface area (Å²) < 4.78 is 5.18. The van der Waals surface area contributed by atoms with E-state index in [1.54, 1.807) is 30.3 Å². The van der Waals surface area contributed by atoms with Crippen LogP contribution < -0.4 is 15.5 Å². The van der Waals surface area contributed by atoms with Gasteiger partial charge in [-0.2, -0.15) is 5.10 Å². The molecule has 2 aromatic rings. The number of hydrogen-bond donors (Lipinski definition) is 1. The Labute approximate surface area is 161 Å². The van der Waals surface area contributed by atoms with Gasteiger partial charge in [-0.1, -0.05) is 35.3 Å². The largest absolute Gasteiger partial charge is 0.497 e. The molecule has 132 valence electrons. The first-order valence-corrected chi connectivity index (χ1v) is 8.00. The topological polar surface area (TPSA) is 67.9 Å². The van der Waals surface area contributed by atoms with Crippen LogP contribution in [0.5, 0.6) is 5.75 Å². The normalized spacial score (nSPS) is 16.2. The van der Waals surface area contributed by atoms with Gasteiger partial charge < -0.3 is 10.5 Å². The summed E-state index contributed by atoms with van der Waals surface area (Å²) in [7, 11) is 1.61. The van der Waals surface area contributed by atoms with Crippen molar-refractivity contribution in [2.45, 2.75) is 12.5 Å². The predicted octanol–water partition coefficient (Wildman–Crippen LogP) is 4.22. The summed E-state index contributed by atoms with van der Waals surface area (Å²) in [6.07, 6.45) is 0.403. The average Bonchev–Trinajstić information content (AvgIpc) is 3.00. The molecule has 8 heteroatoms. The number of primary amides is 1. The molecule has 2 aromatic carbocycles. The van der Waals surface area contributed by atoms with Crippen molar-refractivity contribution < 1.29 is 9.53 Å². The Morgan fingerprint density at radius 2 is 1.92 bits per heavy atom. The summed E-state index contributed by atoms with van der Waals surface area (Å²) >= 11 is 12.3. The molecule has 0 aromatic heterocycles. The molecule has 1 unspecified atom stereocenters. The van der Waals surface area contributed by atoms with Crippen molar-refractivity contribution in [1.29, 1.82) is 0 Å². The van der Waals surface area contributed by atoms with Crippen molar-refractivity contribution in [3.05, 3.63) is 58.1 Å². The lowest BCUT2D eigenvalue weighted by Gasteiger charge is -2.25. The highest BCUT2D eigenvalue weighted by Crippen LogP contribution is 2.39. The van der Waals surface area contributed by atoms with Crippen LogP contribution in [0.3, 0.4) is 0 Å². The number of amides is 1. The molecular formula is C17H16Cl3N3O2. The molecule has 2 N–H and O–H groups in total. The van der Waals surface area contributed by atoms with Gasteiger partial charge >= 0.3 is 0 Å². The predicted molar refractivity (Wildman–Crippen MR) is 103 cm³/mol. The number of hydrogen-bond acceptors (Lipinski definition) is 4. The Balaban J connectivity index is 0.00000225. The minimum absolute atomic E-state index is 0. The Hall–Kier alpha value is -1.95. The van der Waals surface area contributed by atoms with Crippen LogP contribution >= 0.6 is 35.6 Å². The molecule has 1 aliphatic rings. The van der Waals surface area contributed by atoms with E-state index in [1.165, 1.54) is 0 Å². The van der Waals surface area contributed by atoms with Crippen LogP contribution in [0.25, 0.3) is 0 Å². The van der Waals surface area contributed by atoms with Crippen LogP contribution in [0.15, 0.2) is 47.6 Å². The molecule has 1 heterocycles. The van der Waals surface area contributed by atoms with Crippen molar-refractivity contribution in [1.82, 2.24) is 0 Å². The molecule has 1 aliphatic heterocycles. The maximum Gasteiger partial charge on any atom is 0.265 e. The molecule has 0 spiro atoms. The Morgan fingerprint density at radius 1 is 1.24 bits per heavy atom. The number of hydrazone groups is 1. The summed E-state index contributed by atoms with van der Waals surface area (Å²) in [5.41, 5.74) is 7.36. The van der Waals surface area contributed by atoms with E-state index >= 15 is 0 Å². The summed E-state index contributed by atoms with van der Waals surface area (Å²) in [5.74, 6) is 0.213. The highest BCUT2D eigenvalue weighted by Gasteiger charge is 2.32. The zero-order valence-electron chi connectivity index (χ0n) is 13.3. The number of methoxy groups -OCH3 is 1. The van der Waals surface area contributed by atoms with Gasteiger partial charge in [0.1, 0.15) is 11.5 Å². The van der Waals surface area contributed by atoms with Gasteiger partial charge in [-0.15, -0.1) is 12.4 Å². The molecular weight excluding hydrogens is 385 g/mol. The summed E-state index contributed by atoms with van der Waals surface area (Å²) in [6.45, 7) is 0. The molecule has 0 radical (unpaired) electrons. The van der Waals surface area contributed by atoms with E-state index in [4.69, 9.17) is 33.7 Å². The fraction of sp³-hybridized carbons (Fsp3) is 0.176. The van der Waals surface area contributed by atoms with Crippen molar-refractivity contribution >= 4 is 52.9 Å². The zero-order valence-corrected chi connectivity index (χ0v) is 15.6. The van der Waals surface area contributed by atoms with Crippen LogP contribution in [0.2, 0.25) is 10.0 Å². The lowest BCUT2D eigenvalue weighted by molar-refractivity contribution is -0.112. The first-order valence-electron chi connectivity index (χ1n) is 7.25. The third-order valence-corrected chi connectivity index (χ3v) is 4.39. The Morgan fingerprint density at radius 3 is 2.48 bits per heavy atom. The smallest absolute Gasteiger partial charge is 0.265 e. The van der Waals surface area contributed by atoms with Gasteiger partial charge in [0, 0.05) is 11.4 Å². The standard InChI is InChI=1S/C17H15Cl2N3O2.ClH/c1-24-12-5-2-10(3-6-12)16-9-14(17(20)23)21-22(16)15-7-4-11(18)8-13(15)19;/h2-8,16H,9H2,1H3,(H2,20,23);1H. The van der Waals surface area contributed by atoms with Crippen molar-refractivity contribution in [2.75, 3.05) is 12.1 Å². The number of anilines is 1. The first-order chi connectivity index (χ1) is 11.5. The first kappa shape index (κ1) is 19.4.